The lowest BCUT2D eigenvalue weighted by Crippen LogP contribution is -2.46. The zero-order valence-corrected chi connectivity index (χ0v) is 17.9. The maximum atomic E-state index is 12.7. The van der Waals surface area contributed by atoms with Crippen molar-refractivity contribution >= 4 is 40.6 Å². The summed E-state index contributed by atoms with van der Waals surface area (Å²) in [5.74, 6) is -0.153. The molecule has 32 heavy (non-hydrogen) atoms. The Hall–Kier alpha value is -3.44. The second kappa shape index (κ2) is 8.97. The van der Waals surface area contributed by atoms with Crippen molar-refractivity contribution in [3.8, 4) is 11.3 Å². The summed E-state index contributed by atoms with van der Waals surface area (Å²) in [6, 6.07) is 7.72. The average Bonchev–Trinajstić information content (AvgIpc) is 3.34. The number of non-ortho nitro benzene ring substituents is 1. The first-order chi connectivity index (χ1) is 15.3. The molecule has 0 unspecified atom stereocenters. The lowest BCUT2D eigenvalue weighted by atomic mass is 10.1. The van der Waals surface area contributed by atoms with E-state index in [1.807, 2.05) is 0 Å². The van der Waals surface area contributed by atoms with Gasteiger partial charge in [0.15, 0.2) is 0 Å². The number of hydrogen-bond donors (Lipinski definition) is 0. The zero-order valence-electron chi connectivity index (χ0n) is 17.1. The summed E-state index contributed by atoms with van der Waals surface area (Å²) in [7, 11) is 0. The van der Waals surface area contributed by atoms with Gasteiger partial charge in [0.25, 0.3) is 16.8 Å². The number of thioether (sulfide) groups is 1. The number of nitro groups is 1. The van der Waals surface area contributed by atoms with E-state index in [9.17, 15) is 24.5 Å². The van der Waals surface area contributed by atoms with E-state index in [4.69, 9.17) is 9.15 Å². The minimum Gasteiger partial charge on any atom is -0.457 e. The molecular weight excluding hydrogens is 438 g/mol. The number of nitro benzene ring substituents is 1. The van der Waals surface area contributed by atoms with E-state index in [2.05, 4.69) is 0 Å². The highest BCUT2D eigenvalue weighted by molar-refractivity contribution is 8.18. The Morgan fingerprint density at radius 1 is 1.22 bits per heavy atom. The van der Waals surface area contributed by atoms with Crippen LogP contribution in [0.4, 0.5) is 10.5 Å². The standard InChI is InChI=1S/C21H19N3O7S/c1-13-2-3-14(24(28)29)10-16(13)17-5-4-15(31-17)11-18-20(26)23(21(27)32-18)12-19(25)22-6-8-30-9-7-22/h2-5,10-11H,6-9,12H2,1H3/b18-11-. The summed E-state index contributed by atoms with van der Waals surface area (Å²) in [4.78, 5) is 50.6. The average molecular weight is 457 g/mol. The van der Waals surface area contributed by atoms with Crippen LogP contribution >= 0.6 is 11.8 Å². The molecule has 2 aliphatic heterocycles. The van der Waals surface area contributed by atoms with Gasteiger partial charge in [0.2, 0.25) is 5.91 Å². The lowest BCUT2D eigenvalue weighted by molar-refractivity contribution is -0.384. The highest BCUT2D eigenvalue weighted by Crippen LogP contribution is 2.34. The van der Waals surface area contributed by atoms with Gasteiger partial charge in [0, 0.05) is 36.9 Å². The Balaban J connectivity index is 1.50. The maximum absolute atomic E-state index is 12.7. The number of amides is 3. The predicted molar refractivity (Wildman–Crippen MR) is 116 cm³/mol. The molecule has 0 atom stereocenters. The van der Waals surface area contributed by atoms with Gasteiger partial charge in [-0.2, -0.15) is 0 Å². The van der Waals surface area contributed by atoms with Crippen LogP contribution < -0.4 is 0 Å². The van der Waals surface area contributed by atoms with Gasteiger partial charge in [0.05, 0.1) is 23.0 Å². The molecule has 0 radical (unpaired) electrons. The molecule has 4 rings (SSSR count). The number of hydrogen-bond acceptors (Lipinski definition) is 8. The van der Waals surface area contributed by atoms with Crippen molar-refractivity contribution in [2.45, 2.75) is 6.92 Å². The summed E-state index contributed by atoms with van der Waals surface area (Å²) in [6.45, 7) is 3.20. The zero-order chi connectivity index (χ0) is 22.8. The first-order valence-corrected chi connectivity index (χ1v) is 10.6. The second-order valence-corrected chi connectivity index (χ2v) is 8.21. The van der Waals surface area contributed by atoms with Crippen molar-refractivity contribution in [3.63, 3.8) is 0 Å². The van der Waals surface area contributed by atoms with Crippen LogP contribution in [0, 0.1) is 17.0 Å². The van der Waals surface area contributed by atoms with Crippen LogP contribution in [0.25, 0.3) is 17.4 Å². The van der Waals surface area contributed by atoms with Crippen molar-refractivity contribution in [2.75, 3.05) is 32.8 Å². The first kappa shape index (κ1) is 21.8. The molecule has 11 heteroatoms. The molecule has 3 amide bonds. The molecule has 10 nitrogen and oxygen atoms in total. The normalized spacial score (nSPS) is 18.0. The van der Waals surface area contributed by atoms with Crippen LogP contribution in [-0.4, -0.2) is 64.6 Å². The quantitative estimate of drug-likeness (QED) is 0.381. The number of carbonyl (C=O) groups excluding carboxylic acids is 3. The van der Waals surface area contributed by atoms with Crippen LogP contribution in [0.1, 0.15) is 11.3 Å². The van der Waals surface area contributed by atoms with Gasteiger partial charge in [-0.05, 0) is 36.4 Å². The van der Waals surface area contributed by atoms with Gasteiger partial charge in [-0.15, -0.1) is 0 Å². The smallest absolute Gasteiger partial charge is 0.294 e. The van der Waals surface area contributed by atoms with Gasteiger partial charge in [0.1, 0.15) is 18.1 Å². The highest BCUT2D eigenvalue weighted by Gasteiger charge is 2.37. The molecule has 2 aliphatic rings. The monoisotopic (exact) mass is 457 g/mol. The summed E-state index contributed by atoms with van der Waals surface area (Å²) in [5, 5.41) is 10.5. The summed E-state index contributed by atoms with van der Waals surface area (Å²) in [6.07, 6.45) is 1.43. The molecule has 0 bridgehead atoms. The number of ether oxygens (including phenoxy) is 1. The summed E-state index contributed by atoms with van der Waals surface area (Å²) in [5.41, 5.74) is 1.29. The molecule has 0 spiro atoms. The molecule has 2 fully saturated rings. The van der Waals surface area contributed by atoms with Crippen molar-refractivity contribution in [1.29, 1.82) is 0 Å². The summed E-state index contributed by atoms with van der Waals surface area (Å²) < 4.78 is 11.0. The maximum Gasteiger partial charge on any atom is 0.294 e. The Morgan fingerprint density at radius 3 is 2.69 bits per heavy atom. The van der Waals surface area contributed by atoms with E-state index in [1.165, 1.54) is 18.2 Å². The third kappa shape index (κ3) is 4.43. The highest BCUT2D eigenvalue weighted by atomic mass is 32.2. The third-order valence-corrected chi connectivity index (χ3v) is 6.04. The van der Waals surface area contributed by atoms with Gasteiger partial charge in [-0.1, -0.05) is 6.07 Å². The van der Waals surface area contributed by atoms with Gasteiger partial charge in [-0.3, -0.25) is 29.4 Å². The third-order valence-electron chi connectivity index (χ3n) is 5.13. The molecule has 2 saturated heterocycles. The fourth-order valence-electron chi connectivity index (χ4n) is 3.38. The molecule has 1 aromatic carbocycles. The molecule has 2 aromatic rings. The molecule has 1 aromatic heterocycles. The second-order valence-electron chi connectivity index (χ2n) is 7.22. The number of nitrogens with zero attached hydrogens (tertiary/aromatic N) is 3. The Labute approximate surface area is 186 Å². The van der Waals surface area contributed by atoms with Gasteiger partial charge in [-0.25, -0.2) is 0 Å². The number of benzene rings is 1. The van der Waals surface area contributed by atoms with Crippen LogP contribution in [0.2, 0.25) is 0 Å². The lowest BCUT2D eigenvalue weighted by Gasteiger charge is -2.27. The fraction of sp³-hybridized carbons (Fsp3) is 0.286. The molecular formula is C21H19N3O7S. The Kier molecular flexibility index (Phi) is 6.10. The molecule has 0 N–H and O–H groups in total. The van der Waals surface area contributed by atoms with Crippen LogP contribution in [0.5, 0.6) is 0 Å². The fourth-order valence-corrected chi connectivity index (χ4v) is 4.20. The number of furan rings is 1. The number of aryl methyl sites for hydroxylation is 1. The molecule has 166 valence electrons. The van der Waals surface area contributed by atoms with E-state index in [0.29, 0.717) is 43.4 Å². The molecule has 0 aliphatic carbocycles. The van der Waals surface area contributed by atoms with Crippen molar-refractivity contribution in [2.24, 2.45) is 0 Å². The number of carbonyl (C=O) groups is 3. The van der Waals surface area contributed by atoms with Crippen LogP contribution in [0.3, 0.4) is 0 Å². The van der Waals surface area contributed by atoms with E-state index >= 15 is 0 Å². The number of morpholine rings is 1. The van der Waals surface area contributed by atoms with E-state index in [1.54, 1.807) is 30.0 Å². The van der Waals surface area contributed by atoms with Crippen LogP contribution in [0.15, 0.2) is 39.7 Å². The van der Waals surface area contributed by atoms with Gasteiger partial charge < -0.3 is 14.1 Å². The minimum atomic E-state index is -0.564. The largest absolute Gasteiger partial charge is 0.457 e. The predicted octanol–water partition coefficient (Wildman–Crippen LogP) is 3.06. The first-order valence-electron chi connectivity index (χ1n) is 9.79. The Morgan fingerprint density at radius 2 is 1.97 bits per heavy atom. The molecule has 0 saturated carbocycles. The topological polar surface area (TPSA) is 123 Å². The van der Waals surface area contributed by atoms with E-state index < -0.39 is 16.1 Å². The van der Waals surface area contributed by atoms with Crippen molar-refractivity contribution < 1.29 is 28.5 Å². The number of imide groups is 1. The molecule has 3 heterocycles. The SMILES string of the molecule is Cc1ccc([N+](=O)[O-])cc1-c1ccc(/C=C2\SC(=O)N(CC(=O)N3CCOCC3)C2=O)o1. The number of rotatable bonds is 5. The van der Waals surface area contributed by atoms with Crippen LogP contribution in [-0.2, 0) is 14.3 Å². The Bertz CT molecular complexity index is 1130. The van der Waals surface area contributed by atoms with E-state index in [0.717, 1.165) is 22.2 Å². The minimum absolute atomic E-state index is 0.0606. The van der Waals surface area contributed by atoms with E-state index in [-0.39, 0.29) is 23.0 Å². The van der Waals surface area contributed by atoms with Crippen molar-refractivity contribution in [3.05, 3.63) is 56.7 Å². The van der Waals surface area contributed by atoms with Crippen molar-refractivity contribution in [1.82, 2.24) is 9.80 Å². The van der Waals surface area contributed by atoms with Gasteiger partial charge >= 0.3 is 0 Å². The summed E-state index contributed by atoms with van der Waals surface area (Å²) >= 11 is 0.734.